The molecule has 0 radical (unpaired) electrons. The van der Waals surface area contributed by atoms with E-state index in [-0.39, 0.29) is 6.04 Å². The SMILES string of the molecule is COc1c(Cl)c(CN2CCC[C@@H]2C2=NC(C)(C)C(C)(C)N2O)c(Cl)c(OC)c1OC. The molecule has 2 heterocycles. The Kier molecular flexibility index (Phi) is 6.41. The summed E-state index contributed by atoms with van der Waals surface area (Å²) in [5.74, 6) is 1.81. The van der Waals surface area contributed by atoms with Crippen LogP contribution in [0.3, 0.4) is 0 Å². The zero-order valence-electron chi connectivity index (χ0n) is 18.7. The Morgan fingerprint density at radius 2 is 1.53 bits per heavy atom. The summed E-state index contributed by atoms with van der Waals surface area (Å²) in [4.78, 5) is 7.12. The van der Waals surface area contributed by atoms with Gasteiger partial charge in [-0.15, -0.1) is 0 Å². The molecule has 3 rings (SSSR count). The van der Waals surface area contributed by atoms with E-state index in [1.165, 1.54) is 26.4 Å². The Bertz CT molecular complexity index is 826. The van der Waals surface area contributed by atoms with Crippen molar-refractivity contribution in [2.75, 3.05) is 27.9 Å². The average molecular weight is 460 g/mol. The summed E-state index contributed by atoms with van der Waals surface area (Å²) in [5, 5.41) is 13.0. The number of methoxy groups -OCH3 is 3. The number of halogens is 2. The van der Waals surface area contributed by atoms with Gasteiger partial charge in [0.2, 0.25) is 5.75 Å². The van der Waals surface area contributed by atoms with E-state index in [4.69, 9.17) is 42.4 Å². The average Bonchev–Trinajstić information content (AvgIpc) is 3.21. The molecule has 0 aliphatic carbocycles. The molecule has 1 atom stereocenters. The lowest BCUT2D eigenvalue weighted by atomic mass is 9.84. The molecule has 1 aromatic carbocycles. The van der Waals surface area contributed by atoms with Crippen molar-refractivity contribution >= 4 is 29.0 Å². The van der Waals surface area contributed by atoms with Crippen molar-refractivity contribution in [1.82, 2.24) is 9.96 Å². The number of benzene rings is 1. The number of nitrogens with zero attached hydrogens (tertiary/aromatic N) is 3. The molecular weight excluding hydrogens is 429 g/mol. The van der Waals surface area contributed by atoms with Crippen LogP contribution in [0, 0.1) is 0 Å². The Labute approximate surface area is 188 Å². The van der Waals surface area contributed by atoms with Crippen molar-refractivity contribution in [3.63, 3.8) is 0 Å². The molecule has 1 fully saturated rings. The fourth-order valence-corrected chi connectivity index (χ4v) is 4.79. The van der Waals surface area contributed by atoms with Gasteiger partial charge in [-0.05, 0) is 47.1 Å². The smallest absolute Gasteiger partial charge is 0.206 e. The van der Waals surface area contributed by atoms with Crippen LogP contribution in [0.2, 0.25) is 10.0 Å². The maximum Gasteiger partial charge on any atom is 0.206 e. The number of hydroxylamine groups is 2. The second-order valence-electron chi connectivity index (χ2n) is 8.73. The second kappa shape index (κ2) is 8.26. The molecule has 0 saturated carbocycles. The lowest BCUT2D eigenvalue weighted by Crippen LogP contribution is -2.54. The van der Waals surface area contributed by atoms with Crippen molar-refractivity contribution in [3.8, 4) is 17.2 Å². The molecule has 1 saturated heterocycles. The van der Waals surface area contributed by atoms with Gasteiger partial charge >= 0.3 is 0 Å². The van der Waals surface area contributed by atoms with Gasteiger partial charge in [-0.2, -0.15) is 0 Å². The first-order valence-electron chi connectivity index (χ1n) is 10.0. The Balaban J connectivity index is 1.99. The molecule has 0 amide bonds. The van der Waals surface area contributed by atoms with Crippen LogP contribution in [0.15, 0.2) is 4.99 Å². The summed E-state index contributed by atoms with van der Waals surface area (Å²) >= 11 is 13.3. The largest absolute Gasteiger partial charge is 0.491 e. The minimum atomic E-state index is -0.502. The fourth-order valence-electron chi connectivity index (χ4n) is 4.10. The van der Waals surface area contributed by atoms with Crippen LogP contribution < -0.4 is 14.2 Å². The van der Waals surface area contributed by atoms with E-state index in [1.54, 1.807) is 0 Å². The van der Waals surface area contributed by atoms with E-state index >= 15 is 0 Å². The van der Waals surface area contributed by atoms with Crippen LogP contribution >= 0.6 is 23.2 Å². The normalized spacial score (nSPS) is 22.9. The summed E-state index contributed by atoms with van der Waals surface area (Å²) in [6, 6.07) is -0.0396. The Morgan fingerprint density at radius 3 is 1.97 bits per heavy atom. The highest BCUT2D eigenvalue weighted by Gasteiger charge is 2.51. The summed E-state index contributed by atoms with van der Waals surface area (Å²) in [5.41, 5.74) is -0.215. The third kappa shape index (κ3) is 3.49. The summed E-state index contributed by atoms with van der Waals surface area (Å²) < 4.78 is 16.4. The van der Waals surface area contributed by atoms with E-state index in [1.807, 2.05) is 27.7 Å². The molecular formula is C21H31Cl2N3O4. The topological polar surface area (TPSA) is 66.8 Å². The lowest BCUT2D eigenvalue weighted by Gasteiger charge is -2.38. The van der Waals surface area contributed by atoms with Gasteiger partial charge in [0.25, 0.3) is 0 Å². The number of rotatable bonds is 6. The van der Waals surface area contributed by atoms with Crippen LogP contribution in [-0.2, 0) is 6.54 Å². The van der Waals surface area contributed by atoms with Gasteiger partial charge in [0.15, 0.2) is 11.5 Å². The van der Waals surface area contributed by atoms with Crippen molar-refractivity contribution in [2.24, 2.45) is 4.99 Å². The number of aliphatic imine (C=N–C) groups is 1. The minimum absolute atomic E-state index is 0.0396. The van der Waals surface area contributed by atoms with Gasteiger partial charge in [0.1, 0.15) is 5.84 Å². The van der Waals surface area contributed by atoms with Crippen LogP contribution in [0.25, 0.3) is 0 Å². The highest BCUT2D eigenvalue weighted by molar-refractivity contribution is 6.38. The molecule has 0 spiro atoms. The van der Waals surface area contributed by atoms with Crippen molar-refractivity contribution < 1.29 is 19.4 Å². The molecule has 2 aliphatic rings. The molecule has 1 aromatic rings. The van der Waals surface area contributed by atoms with Crippen LogP contribution in [0.4, 0.5) is 0 Å². The van der Waals surface area contributed by atoms with E-state index in [0.29, 0.717) is 45.2 Å². The summed E-state index contributed by atoms with van der Waals surface area (Å²) in [6.45, 7) is 9.37. The van der Waals surface area contributed by atoms with Crippen molar-refractivity contribution in [3.05, 3.63) is 15.6 Å². The highest BCUT2D eigenvalue weighted by atomic mass is 35.5. The molecule has 9 heteroatoms. The third-order valence-corrected chi connectivity index (χ3v) is 7.41. The molecule has 1 N–H and O–H groups in total. The quantitative estimate of drug-likeness (QED) is 0.667. The molecule has 168 valence electrons. The number of hydrogen-bond acceptors (Lipinski definition) is 7. The van der Waals surface area contributed by atoms with Crippen LogP contribution in [0.1, 0.15) is 46.1 Å². The minimum Gasteiger partial charge on any atom is -0.491 e. The zero-order valence-corrected chi connectivity index (χ0v) is 20.2. The number of ether oxygens (including phenoxy) is 3. The van der Waals surface area contributed by atoms with Crippen LogP contribution in [0.5, 0.6) is 17.2 Å². The maximum absolute atomic E-state index is 10.9. The van der Waals surface area contributed by atoms with E-state index in [2.05, 4.69) is 4.90 Å². The van der Waals surface area contributed by atoms with Gasteiger partial charge in [0, 0.05) is 12.1 Å². The number of hydrogen-bond donors (Lipinski definition) is 1. The molecule has 0 unspecified atom stereocenters. The molecule has 2 aliphatic heterocycles. The Morgan fingerprint density at radius 1 is 1.00 bits per heavy atom. The molecule has 0 aromatic heterocycles. The molecule has 0 bridgehead atoms. The van der Waals surface area contributed by atoms with E-state index < -0.39 is 11.1 Å². The predicted molar refractivity (Wildman–Crippen MR) is 119 cm³/mol. The van der Waals surface area contributed by atoms with Gasteiger partial charge in [-0.3, -0.25) is 15.1 Å². The first-order valence-corrected chi connectivity index (χ1v) is 10.8. The first-order chi connectivity index (χ1) is 14.0. The fraction of sp³-hybridized carbons (Fsp3) is 0.667. The van der Waals surface area contributed by atoms with Gasteiger partial charge in [0.05, 0.1) is 48.5 Å². The van der Waals surface area contributed by atoms with Gasteiger partial charge < -0.3 is 14.2 Å². The standard InChI is InChI=1S/C21H31Cl2N3O4/c1-20(2)21(3,4)26(27)19(24-20)13-9-8-10-25(13)11-12-14(22)16(28-5)18(30-7)17(29-6)15(12)23/h13,27H,8-11H2,1-7H3/t13-/m1/s1. The van der Waals surface area contributed by atoms with Gasteiger partial charge in [-0.1, -0.05) is 23.2 Å². The molecule has 7 nitrogen and oxygen atoms in total. The lowest BCUT2D eigenvalue weighted by molar-refractivity contribution is -0.104. The van der Waals surface area contributed by atoms with Crippen LogP contribution in [-0.4, -0.2) is 66.0 Å². The predicted octanol–water partition coefficient (Wildman–Crippen LogP) is 4.64. The van der Waals surface area contributed by atoms with Crippen molar-refractivity contribution in [2.45, 2.75) is 64.2 Å². The number of amidine groups is 1. The number of likely N-dealkylation sites (tertiary alicyclic amines) is 1. The molecule has 30 heavy (non-hydrogen) atoms. The van der Waals surface area contributed by atoms with Gasteiger partial charge in [-0.25, -0.2) is 5.06 Å². The Hall–Kier alpha value is -1.41. The van der Waals surface area contributed by atoms with E-state index in [9.17, 15) is 5.21 Å². The highest BCUT2D eigenvalue weighted by Crippen LogP contribution is 2.50. The first kappa shape index (κ1) is 23.3. The monoisotopic (exact) mass is 459 g/mol. The maximum atomic E-state index is 10.9. The van der Waals surface area contributed by atoms with E-state index in [0.717, 1.165) is 19.4 Å². The second-order valence-corrected chi connectivity index (χ2v) is 9.49. The van der Waals surface area contributed by atoms with Crippen molar-refractivity contribution in [1.29, 1.82) is 0 Å². The summed E-state index contributed by atoms with van der Waals surface area (Å²) in [7, 11) is 4.57. The summed E-state index contributed by atoms with van der Waals surface area (Å²) in [6.07, 6.45) is 1.87. The zero-order chi connectivity index (χ0) is 22.4. The third-order valence-electron chi connectivity index (χ3n) is 6.61.